The third-order valence-corrected chi connectivity index (χ3v) is 6.04. The predicted octanol–water partition coefficient (Wildman–Crippen LogP) is 4.97. The minimum atomic E-state index is -0.648. The van der Waals surface area contributed by atoms with Gasteiger partial charge < -0.3 is 4.98 Å². The molecule has 0 saturated heterocycles. The highest BCUT2D eigenvalue weighted by Gasteiger charge is 2.27. The summed E-state index contributed by atoms with van der Waals surface area (Å²) in [5, 5.41) is 9.32. The van der Waals surface area contributed by atoms with Gasteiger partial charge in [-0.1, -0.05) is 23.2 Å². The molecule has 0 saturated carbocycles. The van der Waals surface area contributed by atoms with E-state index in [4.69, 9.17) is 28.5 Å². The fourth-order valence-corrected chi connectivity index (χ4v) is 4.50. The molecule has 6 nitrogen and oxygen atoms in total. The van der Waals surface area contributed by atoms with E-state index in [1.54, 1.807) is 33.6 Å². The van der Waals surface area contributed by atoms with Crippen LogP contribution in [0.2, 0.25) is 10.2 Å². The molecule has 3 heterocycles. The lowest BCUT2D eigenvalue weighted by Gasteiger charge is -2.17. The normalized spacial score (nSPS) is 13.4. The molecule has 0 unspecified atom stereocenters. The van der Waals surface area contributed by atoms with E-state index in [1.807, 2.05) is 0 Å². The SMILES string of the molecule is N#Cc1ccc(-c2nc3c(Cl)cc(F)c(-c4c(Cl)n5n(c4=O)CCCC5)c3[nH]2)cc1. The van der Waals surface area contributed by atoms with Crippen LogP contribution in [0.4, 0.5) is 4.39 Å². The largest absolute Gasteiger partial charge is 0.337 e. The minimum Gasteiger partial charge on any atom is -0.337 e. The summed E-state index contributed by atoms with van der Waals surface area (Å²) in [6.07, 6.45) is 1.77. The molecule has 0 aliphatic carbocycles. The second-order valence-electron chi connectivity index (χ2n) is 7.14. The fourth-order valence-electron chi connectivity index (χ4n) is 3.92. The molecule has 9 heteroatoms. The van der Waals surface area contributed by atoms with Crippen LogP contribution in [0.15, 0.2) is 35.1 Å². The van der Waals surface area contributed by atoms with Crippen molar-refractivity contribution in [1.82, 2.24) is 19.3 Å². The second-order valence-corrected chi connectivity index (χ2v) is 7.90. The molecule has 0 fully saturated rings. The van der Waals surface area contributed by atoms with Crippen LogP contribution in [0, 0.1) is 17.1 Å². The van der Waals surface area contributed by atoms with Gasteiger partial charge in [0.05, 0.1) is 33.3 Å². The molecule has 0 atom stereocenters. The summed E-state index contributed by atoms with van der Waals surface area (Å²) in [7, 11) is 0. The molecule has 0 spiro atoms. The van der Waals surface area contributed by atoms with Crippen LogP contribution in [0.3, 0.4) is 0 Å². The number of fused-ring (bicyclic) bond motifs is 2. The Morgan fingerprint density at radius 2 is 1.80 bits per heavy atom. The topological polar surface area (TPSA) is 79.4 Å². The molecule has 2 aromatic carbocycles. The number of hydrogen-bond donors (Lipinski definition) is 1. The van der Waals surface area contributed by atoms with E-state index in [9.17, 15) is 4.79 Å². The van der Waals surface area contributed by atoms with Gasteiger partial charge >= 0.3 is 0 Å². The number of hydrogen-bond acceptors (Lipinski definition) is 3. The van der Waals surface area contributed by atoms with Crippen LogP contribution in [0.1, 0.15) is 18.4 Å². The maximum absolute atomic E-state index is 15.1. The lowest BCUT2D eigenvalue weighted by Crippen LogP contribution is -2.27. The summed E-state index contributed by atoms with van der Waals surface area (Å²) < 4.78 is 18.4. The van der Waals surface area contributed by atoms with Crippen molar-refractivity contribution < 1.29 is 4.39 Å². The highest BCUT2D eigenvalue weighted by molar-refractivity contribution is 6.36. The van der Waals surface area contributed by atoms with Crippen LogP contribution in [0.25, 0.3) is 33.5 Å². The Bertz CT molecular complexity index is 1410. The highest BCUT2D eigenvalue weighted by Crippen LogP contribution is 2.38. The van der Waals surface area contributed by atoms with Gasteiger partial charge in [0, 0.05) is 18.7 Å². The average molecular weight is 442 g/mol. The van der Waals surface area contributed by atoms with Crippen molar-refractivity contribution in [3.8, 4) is 28.6 Å². The number of aromatic nitrogens is 4. The van der Waals surface area contributed by atoms with Gasteiger partial charge in [0.15, 0.2) is 0 Å². The van der Waals surface area contributed by atoms with Crippen LogP contribution in [-0.4, -0.2) is 19.3 Å². The van der Waals surface area contributed by atoms with E-state index in [2.05, 4.69) is 16.0 Å². The molecule has 0 radical (unpaired) electrons. The number of halogens is 3. The van der Waals surface area contributed by atoms with E-state index in [0.29, 0.717) is 41.1 Å². The Morgan fingerprint density at radius 3 is 2.47 bits per heavy atom. The van der Waals surface area contributed by atoms with Crippen LogP contribution in [0.5, 0.6) is 0 Å². The molecule has 30 heavy (non-hydrogen) atoms. The van der Waals surface area contributed by atoms with Crippen molar-refractivity contribution >= 4 is 34.2 Å². The summed E-state index contributed by atoms with van der Waals surface area (Å²) in [6.45, 7) is 1.14. The standard InChI is InChI=1S/C21H14Cl2FN5O/c22-13-9-14(24)15(16-19(23)28-7-1-2-8-29(28)21(16)30)18-17(13)26-20(27-18)12-5-3-11(10-25)4-6-12/h3-6,9H,1-2,7-8H2,(H,26,27). The first-order chi connectivity index (χ1) is 14.5. The van der Waals surface area contributed by atoms with Crippen molar-refractivity contribution in [2.24, 2.45) is 0 Å². The van der Waals surface area contributed by atoms with E-state index in [0.717, 1.165) is 18.9 Å². The first-order valence-corrected chi connectivity index (χ1v) is 10.1. The fraction of sp³-hybridized carbons (Fsp3) is 0.190. The Labute approximate surface area is 180 Å². The van der Waals surface area contributed by atoms with Gasteiger partial charge in [-0.15, -0.1) is 0 Å². The van der Waals surface area contributed by atoms with Gasteiger partial charge in [0.2, 0.25) is 0 Å². The second kappa shape index (κ2) is 7.01. The number of rotatable bonds is 2. The number of nitriles is 1. The molecule has 2 aromatic heterocycles. The summed E-state index contributed by atoms with van der Waals surface area (Å²) in [5.41, 5.74) is 1.69. The summed E-state index contributed by atoms with van der Waals surface area (Å²) in [5.74, 6) is -0.200. The third kappa shape index (κ3) is 2.76. The Morgan fingerprint density at radius 1 is 1.10 bits per heavy atom. The quantitative estimate of drug-likeness (QED) is 0.476. The van der Waals surface area contributed by atoms with E-state index >= 15 is 4.39 Å². The van der Waals surface area contributed by atoms with E-state index in [1.165, 1.54) is 0 Å². The molecule has 4 aromatic rings. The average Bonchev–Trinajstić information content (AvgIpc) is 3.30. The third-order valence-electron chi connectivity index (χ3n) is 5.37. The Hall–Kier alpha value is -3.08. The number of nitrogens with zero attached hydrogens (tertiary/aromatic N) is 4. The maximum Gasteiger partial charge on any atom is 0.276 e. The predicted molar refractivity (Wildman–Crippen MR) is 113 cm³/mol. The number of imidazole rings is 1. The number of H-pyrrole nitrogens is 1. The Balaban J connectivity index is 1.78. The molecule has 5 rings (SSSR count). The highest BCUT2D eigenvalue weighted by atomic mass is 35.5. The Kier molecular flexibility index (Phi) is 4.42. The summed E-state index contributed by atoms with van der Waals surface area (Å²) in [6, 6.07) is 10.0. The molecular formula is C21H14Cl2FN5O. The molecule has 1 aliphatic heterocycles. The summed E-state index contributed by atoms with van der Waals surface area (Å²) in [4.78, 5) is 20.7. The molecular weight excluding hydrogens is 428 g/mol. The lowest BCUT2D eigenvalue weighted by molar-refractivity contribution is 0.356. The lowest BCUT2D eigenvalue weighted by atomic mass is 10.1. The molecule has 150 valence electrons. The zero-order valence-electron chi connectivity index (χ0n) is 15.5. The zero-order chi connectivity index (χ0) is 21.0. The van der Waals surface area contributed by atoms with Gasteiger partial charge in [0.1, 0.15) is 22.3 Å². The maximum atomic E-state index is 15.1. The van der Waals surface area contributed by atoms with Crippen molar-refractivity contribution in [2.75, 3.05) is 0 Å². The van der Waals surface area contributed by atoms with E-state index < -0.39 is 5.82 Å². The number of nitrogens with one attached hydrogen (secondary N) is 1. The molecule has 1 N–H and O–H groups in total. The van der Waals surface area contributed by atoms with Crippen molar-refractivity contribution in [3.63, 3.8) is 0 Å². The first-order valence-electron chi connectivity index (χ1n) is 9.37. The van der Waals surface area contributed by atoms with Gasteiger partial charge in [-0.05, 0) is 43.2 Å². The molecule has 0 amide bonds. The monoisotopic (exact) mass is 441 g/mol. The number of benzene rings is 2. The number of aromatic amines is 1. The van der Waals surface area contributed by atoms with Crippen molar-refractivity contribution in [1.29, 1.82) is 5.26 Å². The van der Waals surface area contributed by atoms with Crippen LogP contribution in [-0.2, 0) is 13.1 Å². The smallest absolute Gasteiger partial charge is 0.276 e. The minimum absolute atomic E-state index is 0.0613. The first kappa shape index (κ1) is 18.9. The molecule has 0 bridgehead atoms. The van der Waals surface area contributed by atoms with Crippen LogP contribution < -0.4 is 5.56 Å². The van der Waals surface area contributed by atoms with Crippen molar-refractivity contribution in [2.45, 2.75) is 25.9 Å². The van der Waals surface area contributed by atoms with Crippen LogP contribution >= 0.6 is 23.2 Å². The van der Waals surface area contributed by atoms with Gasteiger partial charge in [-0.25, -0.2) is 14.1 Å². The van der Waals surface area contributed by atoms with E-state index in [-0.39, 0.29) is 26.9 Å². The van der Waals surface area contributed by atoms with Gasteiger partial charge in [-0.2, -0.15) is 5.26 Å². The van der Waals surface area contributed by atoms with Gasteiger partial charge in [-0.3, -0.25) is 9.48 Å². The molecule has 1 aliphatic rings. The van der Waals surface area contributed by atoms with Crippen molar-refractivity contribution in [3.05, 3.63) is 62.2 Å². The zero-order valence-corrected chi connectivity index (χ0v) is 17.1. The summed E-state index contributed by atoms with van der Waals surface area (Å²) >= 11 is 12.8. The van der Waals surface area contributed by atoms with Gasteiger partial charge in [0.25, 0.3) is 5.56 Å².